The van der Waals surface area contributed by atoms with E-state index in [0.717, 1.165) is 35.5 Å². The first-order chi connectivity index (χ1) is 24.4. The molecule has 16 heteroatoms. The van der Waals surface area contributed by atoms with E-state index in [9.17, 15) is 14.2 Å². The molecule has 0 saturated carbocycles. The van der Waals surface area contributed by atoms with Crippen LogP contribution in [0, 0.1) is 23.7 Å². The van der Waals surface area contributed by atoms with Gasteiger partial charge in [0.15, 0.2) is 0 Å². The molecule has 10 atom stereocenters. The first-order valence-electron chi connectivity index (χ1n) is 17.9. The zero-order valence-electron chi connectivity index (χ0n) is 32.4. The minimum absolute atomic E-state index is 0. The van der Waals surface area contributed by atoms with Crippen LogP contribution in [-0.4, -0.2) is 66.8 Å². The zero-order chi connectivity index (χ0) is 37.0. The van der Waals surface area contributed by atoms with Crippen molar-refractivity contribution >= 4 is 49.5 Å². The molecule has 52 heavy (non-hydrogen) atoms. The third kappa shape index (κ3) is 14.2. The Morgan fingerprint density at radius 2 is 1.13 bits per heavy atom. The van der Waals surface area contributed by atoms with Crippen LogP contribution in [0.4, 0.5) is 0 Å². The van der Waals surface area contributed by atoms with E-state index in [1.165, 1.54) is 0 Å². The second kappa shape index (κ2) is 23.1. The molecule has 4 saturated heterocycles. The Balaban J connectivity index is 0.000000303. The molecule has 4 aliphatic rings. The summed E-state index contributed by atoms with van der Waals surface area (Å²) in [5.41, 5.74) is -0.401. The van der Waals surface area contributed by atoms with Crippen LogP contribution in [0.5, 0.6) is 0 Å². The van der Waals surface area contributed by atoms with Crippen molar-refractivity contribution in [1.82, 2.24) is 0 Å². The fraction of sp³-hybridized carbons (Fsp3) is 0.667. The average molecular weight is 833 g/mol. The van der Waals surface area contributed by atoms with Crippen molar-refractivity contribution < 1.29 is 77.3 Å². The molecule has 6 rings (SSSR count). The number of phosphoric acid groups is 1. The summed E-state index contributed by atoms with van der Waals surface area (Å²) in [5.74, 6) is 1.18. The molecular formula is C36H56ClNaO10P2S2. The molecule has 4 heterocycles. The molecule has 10 nitrogen and oxygen atoms in total. The maximum atomic E-state index is 12.8. The number of aliphatic hydroxyl groups excluding tert-OH is 1. The monoisotopic (exact) mass is 832 g/mol. The van der Waals surface area contributed by atoms with Gasteiger partial charge in [-0.1, -0.05) is 101 Å². The predicted octanol–water partition coefficient (Wildman–Crippen LogP) is 7.55. The van der Waals surface area contributed by atoms with E-state index in [-0.39, 0.29) is 72.0 Å². The van der Waals surface area contributed by atoms with Gasteiger partial charge in [-0.3, -0.25) is 22.6 Å². The van der Waals surface area contributed by atoms with E-state index in [1.807, 2.05) is 48.5 Å². The molecule has 0 radical (unpaired) electrons. The Labute approximate surface area is 347 Å². The van der Waals surface area contributed by atoms with Crippen molar-refractivity contribution in [2.75, 3.05) is 26.4 Å². The van der Waals surface area contributed by atoms with Gasteiger partial charge < -0.3 is 16.0 Å². The molecule has 2 aromatic rings. The standard InChI is InChI=1S/C18H27O5PS.C15H22O2S.C3H6ClO3P.Na.H/c1-4-16-13(2)14(3)17(23-24(19)20-11-8-12-21-24)18(22-16)25-15-9-6-5-7-10-15;1-4-13-10(2)11(3)14(16)15(17-13)18-12-8-6-5-7-9-12;4-8(5)6-2-1-3-7-8;;/h5-7,9-10,13-14,16-18H,4,8,11-12H2,1-3H3;5-11,13-16H,4H2,1-3H3;1-3H2;;/q;;;+1;-1. The summed E-state index contributed by atoms with van der Waals surface area (Å²) in [5, 5.41) is 10.3. The van der Waals surface area contributed by atoms with Crippen LogP contribution in [0.2, 0.25) is 0 Å². The molecule has 10 unspecified atom stereocenters. The van der Waals surface area contributed by atoms with Crippen LogP contribution in [0.25, 0.3) is 0 Å². The molecule has 1 N–H and O–H groups in total. The van der Waals surface area contributed by atoms with Crippen molar-refractivity contribution in [3.05, 3.63) is 60.7 Å². The molecule has 0 aliphatic carbocycles. The van der Waals surface area contributed by atoms with Crippen LogP contribution in [-0.2, 0) is 41.2 Å². The van der Waals surface area contributed by atoms with Gasteiger partial charge in [0.2, 0.25) is 0 Å². The number of benzene rings is 2. The largest absolute Gasteiger partial charge is 1.00 e. The number of halogens is 1. The Kier molecular flexibility index (Phi) is 20.8. The van der Waals surface area contributed by atoms with Gasteiger partial charge in [-0.05, 0) is 73.6 Å². The minimum atomic E-state index is -3.51. The van der Waals surface area contributed by atoms with Gasteiger partial charge in [-0.2, -0.15) is 0 Å². The molecule has 2 aromatic carbocycles. The average Bonchev–Trinajstić information content (AvgIpc) is 3.13. The number of aliphatic hydroxyl groups is 1. The van der Waals surface area contributed by atoms with E-state index in [1.54, 1.807) is 23.5 Å². The van der Waals surface area contributed by atoms with Gasteiger partial charge in [0.25, 0.3) is 0 Å². The van der Waals surface area contributed by atoms with E-state index < -0.39 is 20.9 Å². The first-order valence-corrected chi connectivity index (χ1v) is 23.6. The van der Waals surface area contributed by atoms with E-state index in [2.05, 4.69) is 62.7 Å². The first kappa shape index (κ1) is 46.9. The van der Waals surface area contributed by atoms with Crippen LogP contribution < -0.4 is 29.6 Å². The van der Waals surface area contributed by atoms with Gasteiger partial charge in [-0.25, -0.2) is 9.13 Å². The quantitative estimate of drug-likeness (QED) is 0.209. The number of hydrogen-bond donors (Lipinski definition) is 1. The van der Waals surface area contributed by atoms with Crippen molar-refractivity contribution in [1.29, 1.82) is 0 Å². The number of ether oxygens (including phenoxy) is 2. The van der Waals surface area contributed by atoms with Crippen molar-refractivity contribution in [3.8, 4) is 0 Å². The summed E-state index contributed by atoms with van der Waals surface area (Å²) in [4.78, 5) is 2.25. The molecule has 0 aromatic heterocycles. The van der Waals surface area contributed by atoms with Crippen LogP contribution in [0.15, 0.2) is 70.5 Å². The fourth-order valence-electron chi connectivity index (χ4n) is 6.18. The molecule has 0 amide bonds. The summed E-state index contributed by atoms with van der Waals surface area (Å²) < 4.78 is 61.5. The van der Waals surface area contributed by atoms with Gasteiger partial charge in [0, 0.05) is 21.0 Å². The zero-order valence-corrected chi connectivity index (χ0v) is 37.6. The summed E-state index contributed by atoms with van der Waals surface area (Å²) in [6.45, 7) is 11.5. The Morgan fingerprint density at radius 3 is 1.58 bits per heavy atom. The molecular weight excluding hydrogens is 777 g/mol. The van der Waals surface area contributed by atoms with Crippen molar-refractivity contribution in [3.63, 3.8) is 0 Å². The minimum Gasteiger partial charge on any atom is -1.00 e. The van der Waals surface area contributed by atoms with Crippen molar-refractivity contribution in [2.45, 2.75) is 112 Å². The van der Waals surface area contributed by atoms with Gasteiger partial charge in [0.1, 0.15) is 17.0 Å². The van der Waals surface area contributed by atoms with E-state index in [4.69, 9.17) is 34.3 Å². The maximum Gasteiger partial charge on any atom is 1.00 e. The third-order valence-corrected chi connectivity index (χ3v) is 15.1. The second-order valence-electron chi connectivity index (χ2n) is 13.2. The van der Waals surface area contributed by atoms with Gasteiger partial charge in [-0.15, -0.1) is 0 Å². The smallest absolute Gasteiger partial charge is 1.00 e. The summed E-state index contributed by atoms with van der Waals surface area (Å²) in [6, 6.07) is 20.2. The fourth-order valence-corrected chi connectivity index (χ4v) is 11.3. The summed E-state index contributed by atoms with van der Waals surface area (Å²) >= 11 is 8.41. The number of phosphoric ester groups is 1. The Morgan fingerprint density at radius 1 is 0.712 bits per heavy atom. The Bertz CT molecular complexity index is 1390. The molecule has 4 fully saturated rings. The third-order valence-electron chi connectivity index (χ3n) is 9.67. The van der Waals surface area contributed by atoms with Gasteiger partial charge >= 0.3 is 44.3 Å². The van der Waals surface area contributed by atoms with Crippen molar-refractivity contribution in [2.24, 2.45) is 23.7 Å². The Hall–Kier alpha value is 0.570. The molecule has 4 aliphatic heterocycles. The number of hydrogen-bond acceptors (Lipinski definition) is 12. The topological polar surface area (TPSA) is 119 Å². The second-order valence-corrected chi connectivity index (χ2v) is 19.8. The number of rotatable bonds is 8. The predicted molar refractivity (Wildman–Crippen MR) is 205 cm³/mol. The molecule has 290 valence electrons. The summed E-state index contributed by atoms with van der Waals surface area (Å²) in [7, 11) is -3.51. The van der Waals surface area contributed by atoms with Crippen LogP contribution in [0.3, 0.4) is 0 Å². The van der Waals surface area contributed by atoms with E-state index in [0.29, 0.717) is 38.3 Å². The van der Waals surface area contributed by atoms with E-state index >= 15 is 0 Å². The molecule has 0 spiro atoms. The molecule has 0 bridgehead atoms. The summed E-state index contributed by atoms with van der Waals surface area (Å²) in [6.07, 6.45) is 3.12. The maximum absolute atomic E-state index is 12.8. The number of thioether (sulfide) groups is 2. The van der Waals surface area contributed by atoms with Gasteiger partial charge in [0.05, 0.1) is 44.7 Å². The normalized spacial score (nSPS) is 33.9. The SMILES string of the molecule is CCC1OC(Sc2ccccc2)C(O)C(C)C1C.CCC1OC(Sc2ccccc2)C(OP2(=O)OCCCO2)C(C)C1C.O=P1(Cl)OCCCO1.[H-].[Na+]. The van der Waals surface area contributed by atoms with Crippen LogP contribution in [0.1, 0.15) is 68.7 Å². The van der Waals surface area contributed by atoms with Crippen LogP contribution >= 0.6 is 49.5 Å².